The fraction of sp³-hybridized carbons (Fsp3) is 0.625. The maximum Gasteiger partial charge on any atom is 0.223 e. The molecule has 0 spiro atoms. The minimum Gasteiger partial charge on any atom is -0.477 e. The summed E-state index contributed by atoms with van der Waals surface area (Å²) in [6.45, 7) is 1.57. The van der Waals surface area contributed by atoms with Crippen molar-refractivity contribution in [2.45, 2.75) is 44.4 Å². The second-order valence-electron chi connectivity index (χ2n) is 6.17. The Morgan fingerprint density at radius 2 is 2.25 bits per heavy atom. The Balaban J connectivity index is 1.44. The first kappa shape index (κ1) is 12.2. The first-order valence-corrected chi connectivity index (χ1v) is 7.74. The molecule has 2 heterocycles. The van der Waals surface area contributed by atoms with Gasteiger partial charge in [-0.05, 0) is 49.1 Å². The molecule has 1 aliphatic heterocycles. The second-order valence-corrected chi connectivity index (χ2v) is 6.17. The third kappa shape index (κ3) is 2.07. The summed E-state index contributed by atoms with van der Waals surface area (Å²) in [6, 6.07) is 0. The van der Waals surface area contributed by atoms with E-state index in [-0.39, 0.29) is 5.91 Å². The molecular weight excluding hydrogens is 252 g/mol. The van der Waals surface area contributed by atoms with Gasteiger partial charge < -0.3 is 10.1 Å². The van der Waals surface area contributed by atoms with Crippen molar-refractivity contribution in [3.05, 3.63) is 22.9 Å². The molecule has 0 radical (unpaired) electrons. The van der Waals surface area contributed by atoms with Gasteiger partial charge in [0.1, 0.15) is 0 Å². The van der Waals surface area contributed by atoms with Gasteiger partial charge in [-0.25, -0.2) is 4.98 Å². The van der Waals surface area contributed by atoms with Crippen LogP contribution in [-0.4, -0.2) is 24.0 Å². The van der Waals surface area contributed by atoms with Crippen LogP contribution in [-0.2, 0) is 17.6 Å². The van der Waals surface area contributed by atoms with Gasteiger partial charge in [-0.3, -0.25) is 4.79 Å². The number of hydrogen-bond acceptors (Lipinski definition) is 3. The van der Waals surface area contributed by atoms with Crippen molar-refractivity contribution in [2.75, 3.05) is 13.2 Å². The topological polar surface area (TPSA) is 51.2 Å². The van der Waals surface area contributed by atoms with Crippen molar-refractivity contribution in [3.8, 4) is 5.88 Å². The maximum atomic E-state index is 11.7. The molecule has 4 rings (SSSR count). The molecule has 1 saturated carbocycles. The predicted molar refractivity (Wildman–Crippen MR) is 74.8 cm³/mol. The van der Waals surface area contributed by atoms with Crippen LogP contribution in [0.1, 0.15) is 48.3 Å². The third-order valence-electron chi connectivity index (χ3n) is 4.77. The van der Waals surface area contributed by atoms with E-state index in [4.69, 9.17) is 4.74 Å². The molecule has 1 fully saturated rings. The van der Waals surface area contributed by atoms with Crippen LogP contribution in [0.15, 0.2) is 6.20 Å². The van der Waals surface area contributed by atoms with Gasteiger partial charge in [0.15, 0.2) is 0 Å². The molecule has 0 saturated heterocycles. The normalized spacial score (nSPS) is 23.1. The van der Waals surface area contributed by atoms with E-state index in [2.05, 4.69) is 10.3 Å². The monoisotopic (exact) mass is 272 g/mol. The molecule has 1 amide bonds. The largest absolute Gasteiger partial charge is 0.477 e. The van der Waals surface area contributed by atoms with Crippen molar-refractivity contribution in [1.82, 2.24) is 10.3 Å². The van der Waals surface area contributed by atoms with Gasteiger partial charge in [-0.15, -0.1) is 0 Å². The Kier molecular flexibility index (Phi) is 2.90. The predicted octanol–water partition coefficient (Wildman–Crippen LogP) is 1.96. The molecule has 0 aromatic carbocycles. The lowest BCUT2D eigenvalue weighted by Gasteiger charge is -2.14. The molecule has 20 heavy (non-hydrogen) atoms. The van der Waals surface area contributed by atoms with Crippen LogP contribution in [0, 0.1) is 5.92 Å². The highest BCUT2D eigenvalue weighted by atomic mass is 16.5. The second kappa shape index (κ2) is 4.76. The van der Waals surface area contributed by atoms with Gasteiger partial charge in [0.2, 0.25) is 11.8 Å². The Bertz CT molecular complexity index is 552. The van der Waals surface area contributed by atoms with E-state index in [0.29, 0.717) is 11.8 Å². The maximum absolute atomic E-state index is 11.7. The van der Waals surface area contributed by atoms with Gasteiger partial charge in [-0.2, -0.15) is 0 Å². The van der Waals surface area contributed by atoms with Crippen molar-refractivity contribution in [3.63, 3.8) is 0 Å². The lowest BCUT2D eigenvalue weighted by molar-refractivity contribution is -0.122. The number of aromatic nitrogens is 1. The molecule has 0 bridgehead atoms. The first-order chi connectivity index (χ1) is 9.83. The van der Waals surface area contributed by atoms with Gasteiger partial charge in [0.05, 0.1) is 6.61 Å². The summed E-state index contributed by atoms with van der Waals surface area (Å²) in [5.41, 5.74) is 4.21. The quantitative estimate of drug-likeness (QED) is 0.911. The van der Waals surface area contributed by atoms with Crippen molar-refractivity contribution >= 4 is 5.91 Å². The number of nitrogens with zero attached hydrogens (tertiary/aromatic N) is 1. The molecular formula is C16H20N2O2. The number of nitrogens with one attached hydrogen (secondary N) is 1. The van der Waals surface area contributed by atoms with E-state index in [1.165, 1.54) is 23.1 Å². The van der Waals surface area contributed by atoms with Crippen LogP contribution in [0.2, 0.25) is 0 Å². The molecule has 106 valence electrons. The third-order valence-corrected chi connectivity index (χ3v) is 4.77. The average Bonchev–Trinajstić information content (AvgIpc) is 3.06. The zero-order chi connectivity index (χ0) is 13.5. The zero-order valence-electron chi connectivity index (χ0n) is 11.7. The molecule has 3 aliphatic rings. The number of pyridine rings is 1. The lowest BCUT2D eigenvalue weighted by Crippen LogP contribution is -2.26. The van der Waals surface area contributed by atoms with Crippen LogP contribution < -0.4 is 10.1 Å². The van der Waals surface area contributed by atoms with Gasteiger partial charge >= 0.3 is 0 Å². The van der Waals surface area contributed by atoms with Gasteiger partial charge in [0, 0.05) is 30.6 Å². The van der Waals surface area contributed by atoms with E-state index in [9.17, 15) is 4.79 Å². The molecule has 2 aliphatic carbocycles. The summed E-state index contributed by atoms with van der Waals surface area (Å²) in [5.74, 6) is 1.99. The highest BCUT2D eigenvalue weighted by Gasteiger charge is 2.31. The Hall–Kier alpha value is -1.58. The van der Waals surface area contributed by atoms with E-state index in [0.717, 1.165) is 51.1 Å². The minimum absolute atomic E-state index is 0.256. The van der Waals surface area contributed by atoms with E-state index < -0.39 is 0 Å². The van der Waals surface area contributed by atoms with Crippen LogP contribution >= 0.6 is 0 Å². The number of amides is 1. The van der Waals surface area contributed by atoms with Crippen LogP contribution in [0.5, 0.6) is 5.88 Å². The number of ether oxygens (including phenoxy) is 1. The fourth-order valence-corrected chi connectivity index (χ4v) is 3.54. The SMILES string of the molecule is O=C(NCCC1CCc2cnc3c(c21)CCO3)C1CC1. The molecule has 1 atom stereocenters. The molecule has 4 heteroatoms. The minimum atomic E-state index is 0.256. The molecule has 4 nitrogen and oxygen atoms in total. The van der Waals surface area contributed by atoms with Crippen molar-refractivity contribution in [2.24, 2.45) is 5.92 Å². The van der Waals surface area contributed by atoms with Crippen LogP contribution in [0.3, 0.4) is 0 Å². The Morgan fingerprint density at radius 3 is 3.10 bits per heavy atom. The van der Waals surface area contributed by atoms with Gasteiger partial charge in [-0.1, -0.05) is 0 Å². The Labute approximate surface area is 118 Å². The zero-order valence-corrected chi connectivity index (χ0v) is 11.7. The summed E-state index contributed by atoms with van der Waals surface area (Å²) >= 11 is 0. The average molecular weight is 272 g/mol. The van der Waals surface area contributed by atoms with E-state index in [1.54, 1.807) is 0 Å². The summed E-state index contributed by atoms with van der Waals surface area (Å²) in [5, 5.41) is 3.08. The molecule has 1 aromatic rings. The number of carbonyl (C=O) groups is 1. The fourth-order valence-electron chi connectivity index (χ4n) is 3.54. The summed E-state index contributed by atoms with van der Waals surface area (Å²) in [4.78, 5) is 16.1. The molecule has 1 N–H and O–H groups in total. The van der Waals surface area contributed by atoms with E-state index in [1.807, 2.05) is 6.20 Å². The highest BCUT2D eigenvalue weighted by Crippen LogP contribution is 2.41. The van der Waals surface area contributed by atoms with Crippen molar-refractivity contribution in [1.29, 1.82) is 0 Å². The Morgan fingerprint density at radius 1 is 1.35 bits per heavy atom. The van der Waals surface area contributed by atoms with Crippen LogP contribution in [0.4, 0.5) is 0 Å². The first-order valence-electron chi connectivity index (χ1n) is 7.74. The summed E-state index contributed by atoms with van der Waals surface area (Å²) in [6.07, 6.45) is 8.49. The highest BCUT2D eigenvalue weighted by molar-refractivity contribution is 5.80. The van der Waals surface area contributed by atoms with Gasteiger partial charge in [0.25, 0.3) is 0 Å². The number of aryl methyl sites for hydroxylation is 1. The number of fused-ring (bicyclic) bond motifs is 3. The summed E-state index contributed by atoms with van der Waals surface area (Å²) in [7, 11) is 0. The number of rotatable bonds is 4. The van der Waals surface area contributed by atoms with E-state index >= 15 is 0 Å². The lowest BCUT2D eigenvalue weighted by atomic mass is 9.93. The smallest absolute Gasteiger partial charge is 0.223 e. The van der Waals surface area contributed by atoms with Crippen LogP contribution in [0.25, 0.3) is 0 Å². The van der Waals surface area contributed by atoms with Crippen molar-refractivity contribution < 1.29 is 9.53 Å². The molecule has 1 aromatic heterocycles. The summed E-state index contributed by atoms with van der Waals surface area (Å²) < 4.78 is 5.57. The molecule has 1 unspecified atom stereocenters. The number of carbonyl (C=O) groups excluding carboxylic acids is 1. The standard InChI is InChI=1S/C16H20N2O2/c19-15(11-2-3-11)17-7-5-10-1-4-12-9-18-16-13(14(10)12)6-8-20-16/h9-11H,1-8H2,(H,17,19). The number of hydrogen-bond donors (Lipinski definition) is 1.